The molecule has 1 heterocycles. The first-order valence-corrected chi connectivity index (χ1v) is 10.2. The lowest BCUT2D eigenvalue weighted by atomic mass is 10.1. The molecule has 0 spiro atoms. The van der Waals surface area contributed by atoms with Crippen LogP contribution in [-0.2, 0) is 13.1 Å². The monoisotopic (exact) mass is 398 g/mol. The minimum Gasteiger partial charge on any atom is -0.273 e. The van der Waals surface area contributed by atoms with Gasteiger partial charge in [-0.25, -0.2) is 0 Å². The van der Waals surface area contributed by atoms with Gasteiger partial charge in [0.25, 0.3) is 0 Å². The van der Waals surface area contributed by atoms with Crippen molar-refractivity contribution < 1.29 is 9.80 Å². The minimum absolute atomic E-state index is 0.301. The predicted molar refractivity (Wildman–Crippen MR) is 111 cm³/mol. The van der Waals surface area contributed by atoms with E-state index in [9.17, 15) is 0 Å². The fourth-order valence-electron chi connectivity index (χ4n) is 4.17. The minimum atomic E-state index is 0.301. The smallest absolute Gasteiger partial charge is 0.242 e. The normalized spacial score (nSPS) is 22.1. The van der Waals surface area contributed by atoms with Crippen molar-refractivity contribution in [3.63, 3.8) is 0 Å². The van der Waals surface area contributed by atoms with Crippen molar-refractivity contribution in [2.45, 2.75) is 19.3 Å². The van der Waals surface area contributed by atoms with Crippen molar-refractivity contribution in [3.05, 3.63) is 106 Å². The molecule has 0 aliphatic carbocycles. The average Bonchev–Trinajstić information content (AvgIpc) is 3.05. The fraction of sp³-hybridized carbons (Fsp3) is 0.217. The summed E-state index contributed by atoms with van der Waals surface area (Å²) in [5.74, 6) is 0. The molecule has 138 valence electrons. The van der Waals surface area contributed by atoms with Gasteiger partial charge in [-0.2, -0.15) is 0 Å². The lowest BCUT2D eigenvalue weighted by Crippen LogP contribution is -3.22. The van der Waals surface area contributed by atoms with Gasteiger partial charge in [-0.15, -0.1) is 0 Å². The average molecular weight is 399 g/mol. The van der Waals surface area contributed by atoms with Crippen LogP contribution in [-0.4, -0.2) is 13.1 Å². The third-order valence-corrected chi connectivity index (χ3v) is 5.97. The second kappa shape index (κ2) is 8.45. The number of halogens is 2. The van der Waals surface area contributed by atoms with E-state index >= 15 is 0 Å². The van der Waals surface area contributed by atoms with Gasteiger partial charge in [-0.3, -0.25) is 9.80 Å². The van der Waals surface area contributed by atoms with Crippen molar-refractivity contribution >= 4 is 23.2 Å². The highest BCUT2D eigenvalue weighted by Gasteiger charge is 2.41. The molecule has 1 fully saturated rings. The molecule has 3 aromatic rings. The van der Waals surface area contributed by atoms with E-state index in [1.165, 1.54) is 16.7 Å². The van der Waals surface area contributed by atoms with Crippen LogP contribution in [0, 0.1) is 0 Å². The SMILES string of the molecule is Clc1ccc(C2[NH+](Cc3ccccc3)CC[NH+]2Cc2ccccc2)c(Cl)c1. The van der Waals surface area contributed by atoms with Crippen molar-refractivity contribution in [2.75, 3.05) is 13.1 Å². The number of rotatable bonds is 5. The first kappa shape index (κ1) is 18.5. The summed E-state index contributed by atoms with van der Waals surface area (Å²) in [6.07, 6.45) is 0.301. The molecule has 0 amide bonds. The zero-order chi connectivity index (χ0) is 18.6. The summed E-state index contributed by atoms with van der Waals surface area (Å²) in [5, 5.41) is 1.46. The molecular formula is C23H24Cl2N2+2. The summed E-state index contributed by atoms with van der Waals surface area (Å²) in [4.78, 5) is 3.10. The van der Waals surface area contributed by atoms with Crippen molar-refractivity contribution in [1.29, 1.82) is 0 Å². The number of hydrogen-bond donors (Lipinski definition) is 2. The summed E-state index contributed by atoms with van der Waals surface area (Å²) < 4.78 is 0. The Morgan fingerprint density at radius 3 is 1.70 bits per heavy atom. The van der Waals surface area contributed by atoms with Crippen LogP contribution >= 0.6 is 23.2 Å². The van der Waals surface area contributed by atoms with Gasteiger partial charge in [0, 0.05) is 16.1 Å². The molecule has 2 N–H and O–H groups in total. The second-order valence-corrected chi connectivity index (χ2v) is 8.08. The van der Waals surface area contributed by atoms with Crippen LogP contribution in [0.2, 0.25) is 10.0 Å². The van der Waals surface area contributed by atoms with Gasteiger partial charge in [-0.05, 0) is 18.2 Å². The summed E-state index contributed by atoms with van der Waals surface area (Å²) in [6.45, 7) is 4.26. The first-order chi connectivity index (χ1) is 13.2. The highest BCUT2D eigenvalue weighted by atomic mass is 35.5. The highest BCUT2D eigenvalue weighted by molar-refractivity contribution is 6.35. The highest BCUT2D eigenvalue weighted by Crippen LogP contribution is 2.24. The Balaban J connectivity index is 1.64. The standard InChI is InChI=1S/C23H22Cl2N2/c24-20-11-12-21(22(25)15-20)23-26(16-18-7-3-1-4-8-18)13-14-27(23)17-19-9-5-2-6-10-19/h1-12,15,23H,13-14,16-17H2/p+2. The van der Waals surface area contributed by atoms with Gasteiger partial charge in [-0.1, -0.05) is 83.9 Å². The molecule has 1 aliphatic heterocycles. The predicted octanol–water partition coefficient (Wildman–Crippen LogP) is 3.18. The summed E-state index contributed by atoms with van der Waals surface area (Å²) in [7, 11) is 0. The number of hydrogen-bond acceptors (Lipinski definition) is 0. The van der Waals surface area contributed by atoms with Crippen LogP contribution in [0.5, 0.6) is 0 Å². The van der Waals surface area contributed by atoms with E-state index < -0.39 is 0 Å². The third-order valence-electron chi connectivity index (χ3n) is 5.41. The van der Waals surface area contributed by atoms with Crippen LogP contribution in [0.1, 0.15) is 22.9 Å². The van der Waals surface area contributed by atoms with Crippen LogP contribution in [0.4, 0.5) is 0 Å². The molecule has 4 rings (SSSR count). The maximum Gasteiger partial charge on any atom is 0.242 e. The Morgan fingerprint density at radius 2 is 1.22 bits per heavy atom. The molecule has 0 saturated carbocycles. The molecule has 3 aromatic carbocycles. The van der Waals surface area contributed by atoms with Gasteiger partial charge >= 0.3 is 0 Å². The molecule has 1 saturated heterocycles. The number of benzene rings is 3. The fourth-order valence-corrected chi connectivity index (χ4v) is 4.69. The molecule has 0 aromatic heterocycles. The summed E-state index contributed by atoms with van der Waals surface area (Å²) in [6, 6.07) is 27.4. The molecule has 2 nitrogen and oxygen atoms in total. The van der Waals surface area contributed by atoms with E-state index in [4.69, 9.17) is 23.2 Å². The molecule has 2 atom stereocenters. The van der Waals surface area contributed by atoms with E-state index in [1.807, 2.05) is 12.1 Å². The van der Waals surface area contributed by atoms with Crippen LogP contribution in [0.25, 0.3) is 0 Å². The van der Waals surface area contributed by atoms with E-state index in [0.29, 0.717) is 11.2 Å². The second-order valence-electron chi connectivity index (χ2n) is 7.24. The van der Waals surface area contributed by atoms with E-state index in [1.54, 1.807) is 9.80 Å². The van der Waals surface area contributed by atoms with Gasteiger partial charge in [0.05, 0.1) is 10.6 Å². The zero-order valence-corrected chi connectivity index (χ0v) is 16.7. The lowest BCUT2D eigenvalue weighted by Gasteiger charge is -2.25. The number of nitrogens with one attached hydrogen (secondary N) is 2. The Labute approximate surface area is 170 Å². The maximum absolute atomic E-state index is 6.64. The van der Waals surface area contributed by atoms with E-state index in [-0.39, 0.29) is 0 Å². The lowest BCUT2D eigenvalue weighted by molar-refractivity contribution is -1.09. The molecule has 4 heteroatoms. The Morgan fingerprint density at radius 1 is 0.704 bits per heavy atom. The van der Waals surface area contributed by atoms with Gasteiger partial charge in [0.2, 0.25) is 6.17 Å². The van der Waals surface area contributed by atoms with Gasteiger partial charge in [0.15, 0.2) is 0 Å². The van der Waals surface area contributed by atoms with Crippen LogP contribution < -0.4 is 9.80 Å². The van der Waals surface area contributed by atoms with E-state index in [0.717, 1.165) is 31.2 Å². The van der Waals surface area contributed by atoms with E-state index in [2.05, 4.69) is 66.7 Å². The maximum atomic E-state index is 6.64. The quantitative estimate of drug-likeness (QED) is 0.652. The van der Waals surface area contributed by atoms with Crippen molar-refractivity contribution in [2.24, 2.45) is 0 Å². The molecule has 0 bridgehead atoms. The Hall–Kier alpha value is -1.84. The summed E-state index contributed by atoms with van der Waals surface area (Å²) >= 11 is 12.8. The van der Waals surface area contributed by atoms with Crippen LogP contribution in [0.3, 0.4) is 0 Å². The molecule has 1 aliphatic rings. The number of quaternary nitrogens is 2. The largest absolute Gasteiger partial charge is 0.273 e. The molecule has 2 unspecified atom stereocenters. The van der Waals surface area contributed by atoms with Gasteiger partial charge < -0.3 is 0 Å². The first-order valence-electron chi connectivity index (χ1n) is 9.42. The third kappa shape index (κ3) is 4.36. The summed E-state index contributed by atoms with van der Waals surface area (Å²) in [5.41, 5.74) is 3.92. The van der Waals surface area contributed by atoms with Crippen LogP contribution in [0.15, 0.2) is 78.9 Å². The topological polar surface area (TPSA) is 8.88 Å². The molecule has 0 radical (unpaired) electrons. The van der Waals surface area contributed by atoms with Crippen molar-refractivity contribution in [3.8, 4) is 0 Å². The Kier molecular flexibility index (Phi) is 5.80. The zero-order valence-electron chi connectivity index (χ0n) is 15.2. The van der Waals surface area contributed by atoms with Gasteiger partial charge in [0.1, 0.15) is 26.2 Å². The van der Waals surface area contributed by atoms with Crippen molar-refractivity contribution in [1.82, 2.24) is 0 Å². The Bertz CT molecular complexity index is 834. The molecular weight excluding hydrogens is 375 g/mol. The molecule has 27 heavy (non-hydrogen) atoms.